The molecule has 0 aromatic heterocycles. The number of benzene rings is 1. The van der Waals surface area contributed by atoms with Gasteiger partial charge in [0, 0.05) is 13.6 Å². The van der Waals surface area contributed by atoms with Gasteiger partial charge in [-0.05, 0) is 18.6 Å². The van der Waals surface area contributed by atoms with Crippen LogP contribution >= 0.6 is 11.6 Å². The smallest absolute Gasteiger partial charge is 0.305 e. The predicted octanol–water partition coefficient (Wildman–Crippen LogP) is 2.33. The maximum Gasteiger partial charge on any atom is 0.305 e. The summed E-state index contributed by atoms with van der Waals surface area (Å²) in [5.41, 5.74) is 0.386. The van der Waals surface area contributed by atoms with Gasteiger partial charge in [-0.2, -0.15) is 0 Å². The van der Waals surface area contributed by atoms with Crippen molar-refractivity contribution in [2.24, 2.45) is 0 Å². The van der Waals surface area contributed by atoms with Crippen LogP contribution in [0.2, 0.25) is 5.02 Å². The second kappa shape index (κ2) is 5.82. The standard InChI is InChI=1S/C12H13ClFNO3/c1-7-3-4-8(11(14)10(7)13)12(18)15(2)6-5-9(16)17/h3-4H,5-6H2,1-2H3,(H,16,17). The quantitative estimate of drug-likeness (QED) is 0.916. The van der Waals surface area contributed by atoms with Crippen molar-refractivity contribution in [3.63, 3.8) is 0 Å². The zero-order valence-electron chi connectivity index (χ0n) is 10.0. The molecule has 0 saturated heterocycles. The van der Waals surface area contributed by atoms with Crippen LogP contribution in [0.5, 0.6) is 0 Å². The van der Waals surface area contributed by atoms with Gasteiger partial charge in [0.05, 0.1) is 17.0 Å². The molecule has 1 N–H and O–H groups in total. The third-order valence-corrected chi connectivity index (χ3v) is 2.98. The fourth-order valence-electron chi connectivity index (χ4n) is 1.38. The Morgan fingerprint density at radius 2 is 2.06 bits per heavy atom. The second-order valence-corrected chi connectivity index (χ2v) is 4.31. The van der Waals surface area contributed by atoms with Gasteiger partial charge in [0.1, 0.15) is 0 Å². The van der Waals surface area contributed by atoms with Crippen LogP contribution in [0.15, 0.2) is 12.1 Å². The summed E-state index contributed by atoms with van der Waals surface area (Å²) in [5, 5.41) is 8.43. The van der Waals surface area contributed by atoms with Crippen molar-refractivity contribution in [2.45, 2.75) is 13.3 Å². The molecule has 4 nitrogen and oxygen atoms in total. The van der Waals surface area contributed by atoms with Crippen LogP contribution in [0, 0.1) is 12.7 Å². The van der Waals surface area contributed by atoms with Gasteiger partial charge in [-0.25, -0.2) is 4.39 Å². The van der Waals surface area contributed by atoms with Crippen molar-refractivity contribution in [1.82, 2.24) is 4.90 Å². The first-order valence-electron chi connectivity index (χ1n) is 5.26. The minimum absolute atomic E-state index is 0.0130. The number of carboxylic acid groups (broad SMARTS) is 1. The fraction of sp³-hybridized carbons (Fsp3) is 0.333. The number of amides is 1. The third kappa shape index (κ3) is 3.20. The minimum atomic E-state index is -1.02. The van der Waals surface area contributed by atoms with Gasteiger partial charge in [0.2, 0.25) is 0 Å². The summed E-state index contributed by atoms with van der Waals surface area (Å²) in [5.74, 6) is -2.38. The van der Waals surface area contributed by atoms with E-state index in [1.807, 2.05) is 0 Å². The SMILES string of the molecule is Cc1ccc(C(=O)N(C)CCC(=O)O)c(F)c1Cl. The number of aliphatic carboxylic acids is 1. The Bertz CT molecular complexity index is 490. The first-order chi connectivity index (χ1) is 8.34. The van der Waals surface area contributed by atoms with Crippen LogP contribution in [-0.4, -0.2) is 35.5 Å². The molecule has 0 unspecified atom stereocenters. The van der Waals surface area contributed by atoms with Crippen LogP contribution < -0.4 is 0 Å². The second-order valence-electron chi connectivity index (χ2n) is 3.93. The maximum atomic E-state index is 13.8. The largest absolute Gasteiger partial charge is 0.481 e. The van der Waals surface area contributed by atoms with Gasteiger partial charge in [-0.1, -0.05) is 17.7 Å². The van der Waals surface area contributed by atoms with Gasteiger partial charge in [-0.3, -0.25) is 9.59 Å². The minimum Gasteiger partial charge on any atom is -0.481 e. The number of hydrogen-bond acceptors (Lipinski definition) is 2. The number of halogens is 2. The fourth-order valence-corrected chi connectivity index (χ4v) is 1.55. The van der Waals surface area contributed by atoms with E-state index in [0.717, 1.165) is 4.90 Å². The molecule has 0 fully saturated rings. The molecule has 1 rings (SSSR count). The highest BCUT2D eigenvalue weighted by Crippen LogP contribution is 2.23. The Morgan fingerprint density at radius 1 is 1.44 bits per heavy atom. The van der Waals surface area contributed by atoms with E-state index in [-0.39, 0.29) is 23.6 Å². The molecule has 1 amide bonds. The number of hydrogen-bond donors (Lipinski definition) is 1. The highest BCUT2D eigenvalue weighted by atomic mass is 35.5. The number of carboxylic acids is 1. The monoisotopic (exact) mass is 273 g/mol. The number of nitrogens with zero attached hydrogens (tertiary/aromatic N) is 1. The van der Waals surface area contributed by atoms with Crippen molar-refractivity contribution in [1.29, 1.82) is 0 Å². The number of carbonyl (C=O) groups excluding carboxylic acids is 1. The summed E-state index contributed by atoms with van der Waals surface area (Å²) < 4.78 is 13.8. The Labute approximate surface area is 109 Å². The first kappa shape index (κ1) is 14.4. The van der Waals surface area contributed by atoms with Crippen molar-refractivity contribution in [3.05, 3.63) is 34.1 Å². The molecule has 0 radical (unpaired) electrons. The molecule has 0 atom stereocenters. The lowest BCUT2D eigenvalue weighted by Gasteiger charge is -2.17. The number of carbonyl (C=O) groups is 2. The summed E-state index contributed by atoms with van der Waals surface area (Å²) in [4.78, 5) is 23.4. The van der Waals surface area contributed by atoms with Crippen LogP contribution in [-0.2, 0) is 4.79 Å². The molecule has 1 aromatic rings. The molecule has 0 aliphatic carbocycles. The zero-order chi connectivity index (χ0) is 13.9. The Morgan fingerprint density at radius 3 is 2.61 bits per heavy atom. The lowest BCUT2D eigenvalue weighted by Crippen LogP contribution is -2.29. The molecule has 0 aliphatic heterocycles. The van der Waals surface area contributed by atoms with E-state index >= 15 is 0 Å². The van der Waals surface area contributed by atoms with Gasteiger partial charge in [0.15, 0.2) is 5.82 Å². The van der Waals surface area contributed by atoms with E-state index in [0.29, 0.717) is 5.56 Å². The Kier molecular flexibility index (Phi) is 4.67. The molecular formula is C12H13ClFNO3. The molecule has 0 bridgehead atoms. The van der Waals surface area contributed by atoms with Crippen molar-refractivity contribution >= 4 is 23.5 Å². The molecular weight excluding hydrogens is 261 g/mol. The van der Waals surface area contributed by atoms with E-state index in [1.165, 1.54) is 13.1 Å². The highest BCUT2D eigenvalue weighted by Gasteiger charge is 2.19. The van der Waals surface area contributed by atoms with Gasteiger partial charge in [-0.15, -0.1) is 0 Å². The van der Waals surface area contributed by atoms with E-state index in [4.69, 9.17) is 16.7 Å². The van der Waals surface area contributed by atoms with Crippen molar-refractivity contribution in [3.8, 4) is 0 Å². The normalized spacial score (nSPS) is 10.2. The third-order valence-electron chi connectivity index (χ3n) is 2.51. The maximum absolute atomic E-state index is 13.8. The summed E-state index contributed by atoms with van der Waals surface area (Å²) >= 11 is 5.72. The average Bonchev–Trinajstić information content (AvgIpc) is 2.32. The molecule has 18 heavy (non-hydrogen) atoms. The van der Waals surface area contributed by atoms with Crippen LogP contribution in [0.4, 0.5) is 4.39 Å². The zero-order valence-corrected chi connectivity index (χ0v) is 10.8. The number of rotatable bonds is 4. The topological polar surface area (TPSA) is 57.6 Å². The van der Waals surface area contributed by atoms with E-state index < -0.39 is 17.7 Å². The van der Waals surface area contributed by atoms with E-state index in [9.17, 15) is 14.0 Å². The summed E-state index contributed by atoms with van der Waals surface area (Å²) in [6, 6.07) is 2.89. The van der Waals surface area contributed by atoms with Crippen molar-refractivity contribution < 1.29 is 19.1 Å². The van der Waals surface area contributed by atoms with Gasteiger partial charge >= 0.3 is 5.97 Å². The van der Waals surface area contributed by atoms with Crippen LogP contribution in [0.1, 0.15) is 22.3 Å². The molecule has 0 spiro atoms. The molecule has 0 aliphatic rings. The van der Waals surface area contributed by atoms with Crippen LogP contribution in [0.25, 0.3) is 0 Å². The first-order valence-corrected chi connectivity index (χ1v) is 5.64. The molecule has 0 saturated carbocycles. The molecule has 98 valence electrons. The average molecular weight is 274 g/mol. The van der Waals surface area contributed by atoms with Crippen LogP contribution in [0.3, 0.4) is 0 Å². The summed E-state index contributed by atoms with van der Waals surface area (Å²) in [7, 11) is 1.42. The summed E-state index contributed by atoms with van der Waals surface area (Å²) in [6.45, 7) is 1.65. The number of aryl methyl sites for hydroxylation is 1. The lowest BCUT2D eigenvalue weighted by molar-refractivity contribution is -0.137. The summed E-state index contributed by atoms with van der Waals surface area (Å²) in [6.07, 6.45) is -0.191. The molecule has 6 heteroatoms. The highest BCUT2D eigenvalue weighted by molar-refractivity contribution is 6.31. The van der Waals surface area contributed by atoms with E-state index in [1.54, 1.807) is 13.0 Å². The van der Waals surface area contributed by atoms with E-state index in [2.05, 4.69) is 0 Å². The Hall–Kier alpha value is -1.62. The van der Waals surface area contributed by atoms with Gasteiger partial charge in [0.25, 0.3) is 5.91 Å². The molecule has 1 aromatic carbocycles. The Balaban J connectivity index is 2.90. The molecule has 0 heterocycles. The lowest BCUT2D eigenvalue weighted by atomic mass is 10.1. The predicted molar refractivity (Wildman–Crippen MR) is 65.4 cm³/mol. The van der Waals surface area contributed by atoms with Crippen molar-refractivity contribution in [2.75, 3.05) is 13.6 Å². The van der Waals surface area contributed by atoms with Gasteiger partial charge < -0.3 is 10.0 Å².